The van der Waals surface area contributed by atoms with Crippen molar-refractivity contribution in [1.82, 2.24) is 4.72 Å². The second-order valence-electron chi connectivity index (χ2n) is 6.13. The second-order valence-corrected chi connectivity index (χ2v) is 7.86. The van der Waals surface area contributed by atoms with Gasteiger partial charge in [-0.25, -0.2) is 13.1 Å². The van der Waals surface area contributed by atoms with E-state index in [1.807, 2.05) is 19.1 Å². The molecule has 1 aromatic carbocycles. The monoisotopic (exact) mass is 299 g/mol. The van der Waals surface area contributed by atoms with Crippen LogP contribution in [0, 0.1) is 6.92 Å². The molecule has 1 N–H and O–H groups in total. The van der Waals surface area contributed by atoms with Gasteiger partial charge < -0.3 is 4.74 Å². The van der Waals surface area contributed by atoms with Crippen molar-refractivity contribution < 1.29 is 13.2 Å². The van der Waals surface area contributed by atoms with Gasteiger partial charge in [-0.05, 0) is 36.5 Å². The van der Waals surface area contributed by atoms with Crippen LogP contribution >= 0.6 is 0 Å². The second kappa shape index (κ2) is 6.24. The molecule has 0 aromatic heterocycles. The van der Waals surface area contributed by atoms with Crippen molar-refractivity contribution in [3.8, 4) is 0 Å². The highest BCUT2D eigenvalue weighted by Gasteiger charge is 2.21. The van der Waals surface area contributed by atoms with Gasteiger partial charge in [0.05, 0.1) is 11.0 Å². The van der Waals surface area contributed by atoms with E-state index in [1.54, 1.807) is 20.1 Å². The predicted octanol–water partition coefficient (Wildman–Crippen LogP) is 2.61. The molecular weight excluding hydrogens is 274 g/mol. The van der Waals surface area contributed by atoms with Gasteiger partial charge in [0.15, 0.2) is 0 Å². The Hall–Kier alpha value is -0.910. The number of benzene rings is 1. The average Bonchev–Trinajstić information content (AvgIpc) is 2.34. The molecule has 0 bridgehead atoms. The van der Waals surface area contributed by atoms with Crippen LogP contribution in [0.15, 0.2) is 23.1 Å². The van der Waals surface area contributed by atoms with E-state index < -0.39 is 10.0 Å². The number of hydrogen-bond donors (Lipinski definition) is 1. The van der Waals surface area contributed by atoms with Crippen molar-refractivity contribution in [2.45, 2.75) is 51.0 Å². The van der Waals surface area contributed by atoms with Crippen LogP contribution < -0.4 is 4.72 Å². The first-order chi connectivity index (χ1) is 9.08. The number of methoxy groups -OCH3 is 1. The Kier molecular flexibility index (Phi) is 5.35. The molecule has 1 aromatic rings. The van der Waals surface area contributed by atoms with E-state index in [2.05, 4.69) is 25.5 Å². The highest BCUT2D eigenvalue weighted by molar-refractivity contribution is 7.89. The molecule has 0 aliphatic rings. The smallest absolute Gasteiger partial charge is 0.240 e. The quantitative estimate of drug-likeness (QED) is 0.909. The lowest BCUT2D eigenvalue weighted by atomic mass is 9.87. The number of hydrogen-bond acceptors (Lipinski definition) is 3. The Morgan fingerprint density at radius 2 is 1.90 bits per heavy atom. The van der Waals surface area contributed by atoms with E-state index in [9.17, 15) is 8.42 Å². The Morgan fingerprint density at radius 1 is 1.30 bits per heavy atom. The molecule has 0 amide bonds. The first-order valence-electron chi connectivity index (χ1n) is 6.71. The minimum atomic E-state index is -3.51. The van der Waals surface area contributed by atoms with Gasteiger partial charge in [0, 0.05) is 13.7 Å². The van der Waals surface area contributed by atoms with Gasteiger partial charge in [-0.1, -0.05) is 32.9 Å². The first kappa shape index (κ1) is 17.1. The SMILES string of the molecule is COC(C)CNS(=O)(=O)c1cc(C(C)(C)C)ccc1C. The molecule has 1 rings (SSSR count). The fraction of sp³-hybridized carbons (Fsp3) is 0.600. The largest absolute Gasteiger partial charge is 0.380 e. The summed E-state index contributed by atoms with van der Waals surface area (Å²) in [6, 6.07) is 5.59. The van der Waals surface area contributed by atoms with Gasteiger partial charge in [-0.3, -0.25) is 0 Å². The van der Waals surface area contributed by atoms with Crippen molar-refractivity contribution in [3.63, 3.8) is 0 Å². The van der Waals surface area contributed by atoms with Crippen molar-refractivity contribution >= 4 is 10.0 Å². The molecule has 1 unspecified atom stereocenters. The first-order valence-corrected chi connectivity index (χ1v) is 8.20. The molecule has 0 saturated heterocycles. The van der Waals surface area contributed by atoms with Crippen molar-refractivity contribution in [3.05, 3.63) is 29.3 Å². The average molecular weight is 299 g/mol. The standard InChI is InChI=1S/C15H25NO3S/c1-11-7-8-13(15(3,4)5)9-14(11)20(17,18)16-10-12(2)19-6/h7-9,12,16H,10H2,1-6H3. The third kappa shape index (κ3) is 4.30. The fourth-order valence-corrected chi connectivity index (χ4v) is 3.13. The van der Waals surface area contributed by atoms with E-state index in [-0.39, 0.29) is 18.1 Å². The summed E-state index contributed by atoms with van der Waals surface area (Å²) >= 11 is 0. The highest BCUT2D eigenvalue weighted by Crippen LogP contribution is 2.26. The van der Waals surface area contributed by atoms with Crippen LogP contribution in [0.5, 0.6) is 0 Å². The van der Waals surface area contributed by atoms with E-state index in [0.29, 0.717) is 4.90 Å². The summed E-state index contributed by atoms with van der Waals surface area (Å²) < 4.78 is 32.4. The Bertz CT molecular complexity index is 559. The number of nitrogens with one attached hydrogen (secondary N) is 1. The Balaban J connectivity index is 3.11. The molecule has 0 saturated carbocycles. The molecule has 0 fully saturated rings. The number of ether oxygens (including phenoxy) is 1. The number of sulfonamides is 1. The predicted molar refractivity (Wildman–Crippen MR) is 81.5 cm³/mol. The summed E-state index contributed by atoms with van der Waals surface area (Å²) in [4.78, 5) is 0.341. The maximum atomic E-state index is 12.4. The lowest BCUT2D eigenvalue weighted by Gasteiger charge is -2.21. The minimum absolute atomic E-state index is 0.0855. The van der Waals surface area contributed by atoms with Crippen molar-refractivity contribution in [2.24, 2.45) is 0 Å². The molecule has 1 atom stereocenters. The van der Waals surface area contributed by atoms with Crippen LogP contribution in [0.3, 0.4) is 0 Å². The summed E-state index contributed by atoms with van der Waals surface area (Å²) in [5, 5.41) is 0. The Morgan fingerprint density at radius 3 is 2.40 bits per heavy atom. The van der Waals surface area contributed by atoms with Crippen LogP contribution in [-0.2, 0) is 20.2 Å². The maximum Gasteiger partial charge on any atom is 0.240 e. The molecule has 0 radical (unpaired) electrons. The van der Waals surface area contributed by atoms with Crippen LogP contribution in [-0.4, -0.2) is 28.2 Å². The number of rotatable bonds is 5. The van der Waals surface area contributed by atoms with Crippen LogP contribution in [0.25, 0.3) is 0 Å². The van der Waals surface area contributed by atoms with E-state index >= 15 is 0 Å². The zero-order chi connectivity index (χ0) is 15.6. The van der Waals surface area contributed by atoms with Gasteiger partial charge >= 0.3 is 0 Å². The van der Waals surface area contributed by atoms with E-state index in [4.69, 9.17) is 4.74 Å². The highest BCUT2D eigenvalue weighted by atomic mass is 32.2. The Labute approximate surface area is 122 Å². The molecule has 20 heavy (non-hydrogen) atoms. The van der Waals surface area contributed by atoms with Gasteiger partial charge in [0.2, 0.25) is 10.0 Å². The van der Waals surface area contributed by atoms with Crippen molar-refractivity contribution in [1.29, 1.82) is 0 Å². The summed E-state index contributed by atoms with van der Waals surface area (Å²) in [7, 11) is -1.95. The zero-order valence-corrected chi connectivity index (χ0v) is 14.0. The third-order valence-electron chi connectivity index (χ3n) is 3.31. The summed E-state index contributed by atoms with van der Waals surface area (Å²) in [6.07, 6.45) is -0.157. The van der Waals surface area contributed by atoms with Gasteiger partial charge in [-0.2, -0.15) is 0 Å². The molecule has 0 spiro atoms. The lowest BCUT2D eigenvalue weighted by molar-refractivity contribution is 0.122. The molecule has 4 nitrogen and oxygen atoms in total. The lowest BCUT2D eigenvalue weighted by Crippen LogP contribution is -2.32. The maximum absolute atomic E-state index is 12.4. The van der Waals surface area contributed by atoms with Crippen LogP contribution in [0.4, 0.5) is 0 Å². The summed E-state index contributed by atoms with van der Waals surface area (Å²) in [5.74, 6) is 0. The normalized spacial score (nSPS) is 14.3. The fourth-order valence-electron chi connectivity index (χ4n) is 1.74. The zero-order valence-electron chi connectivity index (χ0n) is 13.1. The summed E-state index contributed by atoms with van der Waals surface area (Å²) in [5.41, 5.74) is 1.66. The molecule has 0 heterocycles. The topological polar surface area (TPSA) is 55.4 Å². The third-order valence-corrected chi connectivity index (χ3v) is 4.87. The van der Waals surface area contributed by atoms with Gasteiger partial charge in [0.25, 0.3) is 0 Å². The number of aryl methyl sites for hydroxylation is 1. The van der Waals surface area contributed by atoms with Gasteiger partial charge in [0.1, 0.15) is 0 Å². The molecular formula is C15H25NO3S. The van der Waals surface area contributed by atoms with Gasteiger partial charge in [-0.15, -0.1) is 0 Å². The van der Waals surface area contributed by atoms with Crippen molar-refractivity contribution in [2.75, 3.05) is 13.7 Å². The van der Waals surface area contributed by atoms with Crippen LogP contribution in [0.2, 0.25) is 0 Å². The van der Waals surface area contributed by atoms with E-state index in [0.717, 1.165) is 11.1 Å². The van der Waals surface area contributed by atoms with Crippen LogP contribution in [0.1, 0.15) is 38.8 Å². The molecule has 0 aliphatic heterocycles. The van der Waals surface area contributed by atoms with E-state index in [1.165, 1.54) is 0 Å². The molecule has 0 aliphatic carbocycles. The summed E-state index contributed by atoms with van der Waals surface area (Å²) in [6.45, 7) is 10.1. The minimum Gasteiger partial charge on any atom is -0.380 e. The molecule has 5 heteroatoms. The molecule has 114 valence electrons.